The summed E-state index contributed by atoms with van der Waals surface area (Å²) in [7, 11) is 0. The van der Waals surface area contributed by atoms with Crippen LogP contribution in [0.4, 0.5) is 5.69 Å². The zero-order valence-corrected chi connectivity index (χ0v) is 14.6. The normalized spacial score (nSPS) is 24.2. The Balaban J connectivity index is 1.50. The second-order valence-electron chi connectivity index (χ2n) is 7.17. The van der Waals surface area contributed by atoms with Gasteiger partial charge in [0, 0.05) is 25.3 Å². The summed E-state index contributed by atoms with van der Waals surface area (Å²) in [5.74, 6) is 0.226. The van der Waals surface area contributed by atoms with E-state index in [-0.39, 0.29) is 11.3 Å². The molecular weight excluding hydrogens is 314 g/mol. The minimum Gasteiger partial charge on any atom is -0.309 e. The molecule has 1 spiro atoms. The van der Waals surface area contributed by atoms with Crippen LogP contribution in [0.5, 0.6) is 0 Å². The van der Waals surface area contributed by atoms with Crippen LogP contribution in [0.3, 0.4) is 0 Å². The second kappa shape index (κ2) is 6.52. The number of aromatic nitrogens is 3. The molecule has 1 unspecified atom stereocenters. The number of likely N-dealkylation sites (tertiary alicyclic amines) is 1. The Kier molecular flexibility index (Phi) is 4.21. The summed E-state index contributed by atoms with van der Waals surface area (Å²) in [6.07, 6.45) is 7.86. The van der Waals surface area contributed by atoms with Crippen LogP contribution in [-0.4, -0.2) is 45.4 Å². The molecule has 2 fully saturated rings. The van der Waals surface area contributed by atoms with Crippen molar-refractivity contribution in [3.05, 3.63) is 48.3 Å². The van der Waals surface area contributed by atoms with Crippen LogP contribution in [0.2, 0.25) is 0 Å². The van der Waals surface area contributed by atoms with E-state index in [0.29, 0.717) is 0 Å². The molecule has 6 nitrogen and oxygen atoms in total. The lowest BCUT2D eigenvalue weighted by molar-refractivity contribution is -0.128. The highest BCUT2D eigenvalue weighted by molar-refractivity contribution is 5.99. The van der Waals surface area contributed by atoms with Gasteiger partial charge in [-0.05, 0) is 44.9 Å². The maximum Gasteiger partial charge on any atom is 0.234 e. The third-order valence-corrected chi connectivity index (χ3v) is 5.36. The molecule has 0 saturated carbocycles. The largest absolute Gasteiger partial charge is 0.309 e. The van der Waals surface area contributed by atoms with Crippen molar-refractivity contribution in [2.75, 3.05) is 24.5 Å². The Bertz CT molecular complexity index is 765. The highest BCUT2D eigenvalue weighted by atomic mass is 16.2. The van der Waals surface area contributed by atoms with Crippen LogP contribution in [0.15, 0.2) is 36.9 Å². The third kappa shape index (κ3) is 3.14. The Morgan fingerprint density at radius 2 is 2.00 bits per heavy atom. The molecule has 4 heterocycles. The number of hydrogen-bond acceptors (Lipinski definition) is 5. The van der Waals surface area contributed by atoms with E-state index < -0.39 is 0 Å². The number of piperidine rings is 1. The first-order valence-corrected chi connectivity index (χ1v) is 8.88. The number of pyridine rings is 1. The van der Waals surface area contributed by atoms with Gasteiger partial charge in [0.25, 0.3) is 0 Å². The molecule has 25 heavy (non-hydrogen) atoms. The fraction of sp³-hybridized carbons (Fsp3) is 0.474. The van der Waals surface area contributed by atoms with Crippen molar-refractivity contribution in [1.29, 1.82) is 0 Å². The molecule has 1 atom stereocenters. The summed E-state index contributed by atoms with van der Waals surface area (Å²) >= 11 is 0. The lowest BCUT2D eigenvalue weighted by Gasteiger charge is -2.38. The van der Waals surface area contributed by atoms with Crippen molar-refractivity contribution in [3.8, 4) is 0 Å². The maximum atomic E-state index is 13.2. The number of hydrogen-bond donors (Lipinski definition) is 0. The zero-order valence-electron chi connectivity index (χ0n) is 14.6. The summed E-state index contributed by atoms with van der Waals surface area (Å²) in [5, 5.41) is 0. The molecule has 6 heteroatoms. The number of anilines is 1. The maximum absolute atomic E-state index is 13.2. The number of amides is 1. The second-order valence-corrected chi connectivity index (χ2v) is 7.17. The van der Waals surface area contributed by atoms with Gasteiger partial charge in [0.2, 0.25) is 5.91 Å². The van der Waals surface area contributed by atoms with E-state index in [4.69, 9.17) is 0 Å². The molecule has 0 bridgehead atoms. The molecule has 2 aromatic rings. The van der Waals surface area contributed by atoms with Crippen LogP contribution in [-0.2, 0) is 11.3 Å². The Hall–Kier alpha value is -2.34. The topological polar surface area (TPSA) is 62.2 Å². The average Bonchev–Trinajstić information content (AvgIpc) is 2.92. The van der Waals surface area contributed by atoms with Gasteiger partial charge in [0.15, 0.2) is 0 Å². The smallest absolute Gasteiger partial charge is 0.234 e. The van der Waals surface area contributed by atoms with E-state index in [2.05, 4.69) is 32.0 Å². The van der Waals surface area contributed by atoms with Crippen molar-refractivity contribution < 1.29 is 4.79 Å². The van der Waals surface area contributed by atoms with E-state index in [1.165, 1.54) is 6.33 Å². The van der Waals surface area contributed by atoms with Crippen LogP contribution in [0.25, 0.3) is 0 Å². The van der Waals surface area contributed by atoms with E-state index in [0.717, 1.165) is 62.5 Å². The lowest BCUT2D eigenvalue weighted by Crippen LogP contribution is -2.47. The highest BCUT2D eigenvalue weighted by Crippen LogP contribution is 2.41. The minimum atomic E-state index is -0.266. The Morgan fingerprint density at radius 3 is 2.80 bits per heavy atom. The van der Waals surface area contributed by atoms with Gasteiger partial charge in [-0.3, -0.25) is 14.7 Å². The summed E-state index contributed by atoms with van der Waals surface area (Å²) < 4.78 is 0. The number of carbonyl (C=O) groups is 1. The molecular formula is C19H23N5O. The van der Waals surface area contributed by atoms with Gasteiger partial charge in [-0.15, -0.1) is 0 Å². The molecule has 130 valence electrons. The molecule has 0 aromatic carbocycles. The van der Waals surface area contributed by atoms with Crippen LogP contribution >= 0.6 is 0 Å². The zero-order chi connectivity index (χ0) is 17.3. The molecule has 0 N–H and O–H groups in total. The molecule has 0 aliphatic carbocycles. The quantitative estimate of drug-likeness (QED) is 0.859. The SMILES string of the molecule is Cc1cccc(CN2CCCC3(CCN(c4cncnc4)C3=O)C2)n1. The van der Waals surface area contributed by atoms with Gasteiger partial charge in [-0.2, -0.15) is 0 Å². The molecule has 2 aliphatic rings. The monoisotopic (exact) mass is 337 g/mol. The first kappa shape index (κ1) is 16.1. The van der Waals surface area contributed by atoms with Crippen LogP contribution in [0.1, 0.15) is 30.7 Å². The number of carbonyl (C=O) groups excluding carboxylic acids is 1. The highest BCUT2D eigenvalue weighted by Gasteiger charge is 2.49. The summed E-state index contributed by atoms with van der Waals surface area (Å²) in [5.41, 5.74) is 2.66. The van der Waals surface area contributed by atoms with E-state index >= 15 is 0 Å². The summed E-state index contributed by atoms with van der Waals surface area (Å²) in [4.78, 5) is 30.1. The van der Waals surface area contributed by atoms with E-state index in [9.17, 15) is 4.79 Å². The fourth-order valence-electron chi connectivity index (χ4n) is 4.15. The summed E-state index contributed by atoms with van der Waals surface area (Å²) in [6, 6.07) is 6.13. The molecule has 0 radical (unpaired) electrons. The van der Waals surface area contributed by atoms with Gasteiger partial charge in [0.1, 0.15) is 6.33 Å². The first-order valence-electron chi connectivity index (χ1n) is 8.88. The van der Waals surface area contributed by atoms with E-state index in [1.807, 2.05) is 17.9 Å². The third-order valence-electron chi connectivity index (χ3n) is 5.36. The van der Waals surface area contributed by atoms with Gasteiger partial charge >= 0.3 is 0 Å². The fourth-order valence-corrected chi connectivity index (χ4v) is 4.15. The van der Waals surface area contributed by atoms with Crippen molar-refractivity contribution >= 4 is 11.6 Å². The molecule has 2 aliphatic heterocycles. The number of aryl methyl sites for hydroxylation is 1. The predicted octanol–water partition coefficient (Wildman–Crippen LogP) is 2.20. The van der Waals surface area contributed by atoms with Gasteiger partial charge in [-0.25, -0.2) is 9.97 Å². The van der Waals surface area contributed by atoms with Gasteiger partial charge in [-0.1, -0.05) is 6.07 Å². The standard InChI is InChI=1S/C19H23N5O/c1-15-4-2-5-16(22-15)12-23-8-3-6-19(13-23)7-9-24(18(19)25)17-10-20-14-21-11-17/h2,4-5,10-11,14H,3,6-9,12-13H2,1H3. The predicted molar refractivity (Wildman–Crippen MR) is 94.9 cm³/mol. The van der Waals surface area contributed by atoms with Crippen LogP contribution in [0, 0.1) is 12.3 Å². The Labute approximate surface area is 147 Å². The van der Waals surface area contributed by atoms with Crippen molar-refractivity contribution in [2.24, 2.45) is 5.41 Å². The molecule has 1 amide bonds. The first-order chi connectivity index (χ1) is 12.2. The number of rotatable bonds is 3. The van der Waals surface area contributed by atoms with Crippen LogP contribution < -0.4 is 4.90 Å². The molecule has 2 saturated heterocycles. The van der Waals surface area contributed by atoms with E-state index in [1.54, 1.807) is 12.4 Å². The van der Waals surface area contributed by atoms with Gasteiger partial charge < -0.3 is 4.90 Å². The van der Waals surface area contributed by atoms with Crippen molar-refractivity contribution in [3.63, 3.8) is 0 Å². The minimum absolute atomic E-state index is 0.226. The number of nitrogens with zero attached hydrogens (tertiary/aromatic N) is 5. The lowest BCUT2D eigenvalue weighted by atomic mass is 9.78. The molecule has 4 rings (SSSR count). The van der Waals surface area contributed by atoms with Crippen molar-refractivity contribution in [1.82, 2.24) is 19.9 Å². The average molecular weight is 337 g/mol. The Morgan fingerprint density at radius 1 is 1.16 bits per heavy atom. The van der Waals surface area contributed by atoms with Crippen molar-refractivity contribution in [2.45, 2.75) is 32.7 Å². The van der Waals surface area contributed by atoms with Gasteiger partial charge in [0.05, 0.1) is 29.2 Å². The molecule has 2 aromatic heterocycles. The summed E-state index contributed by atoms with van der Waals surface area (Å²) in [6.45, 7) is 5.42.